The van der Waals surface area contributed by atoms with Crippen molar-refractivity contribution in [1.29, 1.82) is 0 Å². The van der Waals surface area contributed by atoms with Gasteiger partial charge in [0.05, 0.1) is 19.6 Å². The average Bonchev–Trinajstić information content (AvgIpc) is 2.81. The summed E-state index contributed by atoms with van der Waals surface area (Å²) in [6, 6.07) is 26.1. The zero-order chi connectivity index (χ0) is 21.9. The summed E-state index contributed by atoms with van der Waals surface area (Å²) >= 11 is 0. The van der Waals surface area contributed by atoms with Crippen LogP contribution in [0.25, 0.3) is 0 Å². The summed E-state index contributed by atoms with van der Waals surface area (Å²) in [4.78, 5) is 0. The van der Waals surface area contributed by atoms with Gasteiger partial charge < -0.3 is 19.7 Å². The van der Waals surface area contributed by atoms with Crippen LogP contribution in [0.5, 0.6) is 11.5 Å². The Kier molecular flexibility index (Phi) is 6.03. The van der Waals surface area contributed by atoms with Gasteiger partial charge in [-0.15, -0.1) is 0 Å². The van der Waals surface area contributed by atoms with E-state index in [0.717, 1.165) is 29.5 Å². The predicted molar refractivity (Wildman–Crippen MR) is 121 cm³/mol. The van der Waals surface area contributed by atoms with E-state index in [9.17, 15) is 10.2 Å². The van der Waals surface area contributed by atoms with Crippen molar-refractivity contribution in [2.75, 3.05) is 14.2 Å². The second-order valence-electron chi connectivity index (χ2n) is 8.26. The molecule has 1 saturated carbocycles. The van der Waals surface area contributed by atoms with Crippen LogP contribution in [-0.2, 0) is 5.41 Å². The second-order valence-corrected chi connectivity index (χ2v) is 8.26. The fourth-order valence-electron chi connectivity index (χ4n) is 5.37. The first-order valence-corrected chi connectivity index (χ1v) is 10.8. The number of benzene rings is 3. The van der Waals surface area contributed by atoms with E-state index in [2.05, 4.69) is 24.3 Å². The second kappa shape index (κ2) is 8.74. The van der Waals surface area contributed by atoms with E-state index in [0.29, 0.717) is 24.3 Å². The number of aliphatic hydroxyl groups is 2. The number of rotatable bonds is 6. The van der Waals surface area contributed by atoms with Gasteiger partial charge in [-0.25, -0.2) is 0 Å². The van der Waals surface area contributed by atoms with Crippen LogP contribution in [0.15, 0.2) is 78.9 Å². The lowest BCUT2D eigenvalue weighted by molar-refractivity contribution is -0.227. The molecule has 0 bridgehead atoms. The van der Waals surface area contributed by atoms with Crippen molar-refractivity contribution in [3.8, 4) is 11.5 Å². The molecule has 0 aliphatic heterocycles. The van der Waals surface area contributed by atoms with Crippen LogP contribution in [0, 0.1) is 5.92 Å². The molecule has 2 N–H and O–H groups in total. The Hall–Kier alpha value is -2.82. The van der Waals surface area contributed by atoms with Gasteiger partial charge in [0, 0.05) is 17.9 Å². The molecular formula is C27H30O4. The average molecular weight is 419 g/mol. The highest BCUT2D eigenvalue weighted by atomic mass is 16.5. The molecule has 4 heteroatoms. The summed E-state index contributed by atoms with van der Waals surface area (Å²) in [7, 11) is 3.26. The molecule has 1 fully saturated rings. The molecule has 1 atom stereocenters. The molecule has 0 amide bonds. The summed E-state index contributed by atoms with van der Waals surface area (Å²) in [5.41, 5.74) is 2.01. The maximum atomic E-state index is 11.3. The largest absolute Gasteiger partial charge is 0.493 e. The molecule has 31 heavy (non-hydrogen) atoms. The van der Waals surface area contributed by atoms with Gasteiger partial charge in [-0.2, -0.15) is 0 Å². The van der Waals surface area contributed by atoms with Crippen LogP contribution in [-0.4, -0.2) is 30.2 Å². The molecule has 1 aliphatic rings. The lowest BCUT2D eigenvalue weighted by atomic mass is 9.56. The number of ether oxygens (including phenoxy) is 2. The van der Waals surface area contributed by atoms with Crippen molar-refractivity contribution in [3.63, 3.8) is 0 Å². The Balaban J connectivity index is 2.15. The number of methoxy groups -OCH3 is 2. The molecule has 1 aliphatic carbocycles. The standard InChI is InChI=1S/C27H30O4/c1-30-23-17-11-16-22(25(23)31-2)27(20-12-5-3-6-13-20,21-14-7-4-8-15-21)24-18-9-10-19-26(24,28)29/h3-8,11-17,24,28-29H,9-10,18-19H2,1-2H3. The summed E-state index contributed by atoms with van der Waals surface area (Å²) in [5.74, 6) is -1.06. The Labute approximate surface area is 184 Å². The first-order chi connectivity index (χ1) is 15.1. The molecule has 3 aromatic carbocycles. The van der Waals surface area contributed by atoms with Gasteiger partial charge in [0.1, 0.15) is 0 Å². The third-order valence-electron chi connectivity index (χ3n) is 6.65. The molecule has 4 nitrogen and oxygen atoms in total. The van der Waals surface area contributed by atoms with E-state index >= 15 is 0 Å². The minimum absolute atomic E-state index is 0.339. The molecule has 0 aromatic heterocycles. The maximum Gasteiger partial charge on any atom is 0.166 e. The summed E-state index contributed by atoms with van der Waals surface area (Å²) in [6.45, 7) is 0. The van der Waals surface area contributed by atoms with Crippen LogP contribution < -0.4 is 9.47 Å². The van der Waals surface area contributed by atoms with Crippen LogP contribution in [0.4, 0.5) is 0 Å². The van der Waals surface area contributed by atoms with Crippen LogP contribution in [0.1, 0.15) is 42.4 Å². The highest BCUT2D eigenvalue weighted by molar-refractivity contribution is 5.60. The Morgan fingerprint density at radius 1 is 0.774 bits per heavy atom. The SMILES string of the molecule is COc1cccc(C(c2ccccc2)(c2ccccc2)C2CCCCC2(O)O)c1OC. The van der Waals surface area contributed by atoms with Crippen molar-refractivity contribution in [1.82, 2.24) is 0 Å². The fraction of sp³-hybridized carbons (Fsp3) is 0.333. The van der Waals surface area contributed by atoms with Crippen molar-refractivity contribution in [3.05, 3.63) is 95.6 Å². The van der Waals surface area contributed by atoms with Gasteiger partial charge >= 0.3 is 0 Å². The molecule has 0 spiro atoms. The topological polar surface area (TPSA) is 58.9 Å². The van der Waals surface area contributed by atoms with Crippen molar-refractivity contribution in [2.24, 2.45) is 5.92 Å². The van der Waals surface area contributed by atoms with E-state index < -0.39 is 17.1 Å². The van der Waals surface area contributed by atoms with Gasteiger partial charge in [0.15, 0.2) is 17.3 Å². The monoisotopic (exact) mass is 418 g/mol. The molecule has 0 radical (unpaired) electrons. The van der Waals surface area contributed by atoms with E-state index in [1.165, 1.54) is 0 Å². The summed E-state index contributed by atoms with van der Waals surface area (Å²) < 4.78 is 11.5. The fourth-order valence-corrected chi connectivity index (χ4v) is 5.37. The third kappa shape index (κ3) is 3.60. The van der Waals surface area contributed by atoms with Crippen LogP contribution in [0.3, 0.4) is 0 Å². The molecule has 4 rings (SSSR count). The summed E-state index contributed by atoms with van der Waals surface area (Å²) in [5, 5.41) is 22.7. The number of hydrogen-bond acceptors (Lipinski definition) is 4. The van der Waals surface area contributed by atoms with Crippen molar-refractivity contribution < 1.29 is 19.7 Å². The van der Waals surface area contributed by atoms with E-state index in [-0.39, 0.29) is 0 Å². The van der Waals surface area contributed by atoms with Gasteiger partial charge in [-0.1, -0.05) is 79.2 Å². The normalized spacial score (nSPS) is 18.4. The van der Waals surface area contributed by atoms with Gasteiger partial charge in [0.25, 0.3) is 0 Å². The van der Waals surface area contributed by atoms with E-state index in [1.54, 1.807) is 14.2 Å². The van der Waals surface area contributed by atoms with Crippen molar-refractivity contribution in [2.45, 2.75) is 36.9 Å². The first-order valence-electron chi connectivity index (χ1n) is 10.8. The lowest BCUT2D eigenvalue weighted by Gasteiger charge is -2.50. The Morgan fingerprint density at radius 3 is 1.90 bits per heavy atom. The zero-order valence-electron chi connectivity index (χ0n) is 18.1. The number of para-hydroxylation sites is 1. The quantitative estimate of drug-likeness (QED) is 0.441. The molecule has 1 unspecified atom stereocenters. The van der Waals surface area contributed by atoms with E-state index in [4.69, 9.17) is 9.47 Å². The minimum Gasteiger partial charge on any atom is -0.493 e. The molecule has 3 aromatic rings. The van der Waals surface area contributed by atoms with Crippen molar-refractivity contribution >= 4 is 0 Å². The van der Waals surface area contributed by atoms with E-state index in [1.807, 2.05) is 54.6 Å². The molecule has 0 heterocycles. The predicted octanol–water partition coefficient (Wildman–Crippen LogP) is 4.91. The van der Waals surface area contributed by atoms with Gasteiger partial charge in [-0.3, -0.25) is 0 Å². The number of hydrogen-bond donors (Lipinski definition) is 2. The lowest BCUT2D eigenvalue weighted by Crippen LogP contribution is -2.53. The third-order valence-corrected chi connectivity index (χ3v) is 6.65. The first kappa shape index (κ1) is 21.4. The molecule has 0 saturated heterocycles. The Bertz CT molecular complexity index is 959. The van der Waals surface area contributed by atoms with Crippen LogP contribution in [0.2, 0.25) is 0 Å². The molecule has 162 valence electrons. The zero-order valence-corrected chi connectivity index (χ0v) is 18.1. The molecular weight excluding hydrogens is 388 g/mol. The van der Waals surface area contributed by atoms with Crippen LogP contribution >= 0.6 is 0 Å². The minimum atomic E-state index is -1.82. The van der Waals surface area contributed by atoms with Gasteiger partial charge in [-0.05, 0) is 30.0 Å². The smallest absolute Gasteiger partial charge is 0.166 e. The Morgan fingerprint density at radius 2 is 1.39 bits per heavy atom. The highest BCUT2D eigenvalue weighted by Crippen LogP contribution is 2.56. The highest BCUT2D eigenvalue weighted by Gasteiger charge is 2.54. The summed E-state index contributed by atoms with van der Waals surface area (Å²) in [6.07, 6.45) is 2.74. The maximum absolute atomic E-state index is 11.3. The van der Waals surface area contributed by atoms with Gasteiger partial charge in [0.2, 0.25) is 0 Å².